The van der Waals surface area contributed by atoms with Gasteiger partial charge in [-0.15, -0.1) is 12.6 Å². The van der Waals surface area contributed by atoms with Gasteiger partial charge in [0.05, 0.1) is 23.8 Å². The average molecular weight is 335 g/mol. The summed E-state index contributed by atoms with van der Waals surface area (Å²) in [7, 11) is 0. The monoisotopic (exact) mass is 335 g/mol. The summed E-state index contributed by atoms with van der Waals surface area (Å²) in [6.07, 6.45) is 1.87. The van der Waals surface area contributed by atoms with Crippen molar-refractivity contribution >= 4 is 46.3 Å². The highest BCUT2D eigenvalue weighted by Gasteiger charge is 2.15. The fraction of sp³-hybridized carbons (Fsp3) is 0.111. The fourth-order valence-corrected chi connectivity index (χ4v) is 4.48. The lowest BCUT2D eigenvalue weighted by Gasteiger charge is -2.10. The quantitative estimate of drug-likeness (QED) is 0.416. The molecule has 4 aromatic rings. The molecule has 0 aliphatic carbocycles. The number of benzene rings is 2. The van der Waals surface area contributed by atoms with Gasteiger partial charge in [0.1, 0.15) is 11.3 Å². The van der Waals surface area contributed by atoms with E-state index in [9.17, 15) is 0 Å². The topological polar surface area (TPSA) is 30.7 Å². The fourth-order valence-electron chi connectivity index (χ4n) is 3.21. The molecule has 0 N–H and O–H groups in total. The zero-order valence-corrected chi connectivity index (χ0v) is 14.2. The van der Waals surface area contributed by atoms with E-state index in [4.69, 9.17) is 17.6 Å². The number of rotatable bonds is 0. The molecule has 4 bridgehead atoms. The van der Waals surface area contributed by atoms with Crippen LogP contribution in [0.5, 0.6) is 0 Å². The Morgan fingerprint density at radius 3 is 2.78 bits per heavy atom. The molecule has 2 aliphatic heterocycles. The van der Waals surface area contributed by atoms with Gasteiger partial charge in [-0.05, 0) is 42.8 Å². The molecular weight excluding hydrogens is 322 g/mol. The number of imidazole rings is 1. The van der Waals surface area contributed by atoms with Gasteiger partial charge in [-0.2, -0.15) is 0 Å². The highest BCUT2D eigenvalue weighted by Crippen LogP contribution is 2.35. The SMILES string of the molecule is Cc1nc2cnc3ccc4cc3c2n1Cc1ccc(cc1S)S4. The predicted molar refractivity (Wildman–Crippen MR) is 96.7 cm³/mol. The smallest absolute Gasteiger partial charge is 0.108 e. The highest BCUT2D eigenvalue weighted by molar-refractivity contribution is 7.99. The van der Waals surface area contributed by atoms with Crippen molar-refractivity contribution in [1.29, 1.82) is 0 Å². The highest BCUT2D eigenvalue weighted by atomic mass is 32.2. The van der Waals surface area contributed by atoms with Crippen LogP contribution in [0.3, 0.4) is 0 Å². The second-order valence-corrected chi connectivity index (χ2v) is 7.44. The summed E-state index contributed by atoms with van der Waals surface area (Å²) < 4.78 is 2.27. The van der Waals surface area contributed by atoms with E-state index in [0.29, 0.717) is 0 Å². The third-order valence-electron chi connectivity index (χ3n) is 4.36. The Bertz CT molecular complexity index is 1100. The third-order valence-corrected chi connectivity index (χ3v) is 5.75. The Hall–Kier alpha value is -1.98. The summed E-state index contributed by atoms with van der Waals surface area (Å²) in [4.78, 5) is 12.7. The van der Waals surface area contributed by atoms with Crippen LogP contribution in [0, 0.1) is 6.92 Å². The number of fused-ring (bicyclic) bond motifs is 2. The van der Waals surface area contributed by atoms with Gasteiger partial charge >= 0.3 is 0 Å². The Kier molecular flexibility index (Phi) is 2.78. The van der Waals surface area contributed by atoms with E-state index in [2.05, 4.69) is 52.9 Å². The minimum absolute atomic E-state index is 0.773. The van der Waals surface area contributed by atoms with Crippen LogP contribution in [-0.2, 0) is 6.54 Å². The number of hydrogen-bond donors (Lipinski definition) is 1. The van der Waals surface area contributed by atoms with Gasteiger partial charge < -0.3 is 4.57 Å². The molecule has 0 saturated heterocycles. The summed E-state index contributed by atoms with van der Waals surface area (Å²) in [6, 6.07) is 12.9. The Morgan fingerprint density at radius 1 is 1.09 bits per heavy atom. The van der Waals surface area contributed by atoms with Crippen molar-refractivity contribution in [2.45, 2.75) is 28.2 Å². The van der Waals surface area contributed by atoms with Crippen molar-refractivity contribution in [3.05, 3.63) is 54.0 Å². The van der Waals surface area contributed by atoms with Gasteiger partial charge in [-0.3, -0.25) is 4.98 Å². The molecule has 0 fully saturated rings. The maximum absolute atomic E-state index is 4.70. The normalized spacial score (nSPS) is 13.3. The third kappa shape index (κ3) is 2.00. The van der Waals surface area contributed by atoms with Crippen LogP contribution in [0.1, 0.15) is 11.4 Å². The number of thiol groups is 1. The number of aromatic nitrogens is 3. The van der Waals surface area contributed by atoms with Crippen molar-refractivity contribution in [3.8, 4) is 0 Å². The lowest BCUT2D eigenvalue weighted by Crippen LogP contribution is -2.03. The average Bonchev–Trinajstić information content (AvgIpc) is 2.83. The summed E-state index contributed by atoms with van der Waals surface area (Å²) >= 11 is 6.45. The van der Waals surface area contributed by atoms with Crippen molar-refractivity contribution in [2.75, 3.05) is 0 Å². The Morgan fingerprint density at radius 2 is 1.91 bits per heavy atom. The van der Waals surface area contributed by atoms with Crippen LogP contribution >= 0.6 is 24.4 Å². The number of aryl methyl sites for hydroxylation is 1. The minimum atomic E-state index is 0.773. The minimum Gasteiger partial charge on any atom is -0.323 e. The molecule has 2 aromatic carbocycles. The van der Waals surface area contributed by atoms with Crippen molar-refractivity contribution in [2.24, 2.45) is 0 Å². The van der Waals surface area contributed by atoms with E-state index in [1.807, 2.05) is 6.20 Å². The summed E-state index contributed by atoms with van der Waals surface area (Å²) in [6.45, 7) is 2.83. The Labute approximate surface area is 143 Å². The molecule has 5 heteroatoms. The van der Waals surface area contributed by atoms with Gasteiger partial charge in [0.2, 0.25) is 0 Å². The molecule has 0 spiro atoms. The molecule has 23 heavy (non-hydrogen) atoms. The molecule has 0 atom stereocenters. The molecule has 3 nitrogen and oxygen atoms in total. The first-order valence-corrected chi connectivity index (χ1v) is 8.71. The zero-order chi connectivity index (χ0) is 15.6. The van der Waals surface area contributed by atoms with Crippen molar-refractivity contribution in [1.82, 2.24) is 14.5 Å². The van der Waals surface area contributed by atoms with E-state index in [1.54, 1.807) is 11.8 Å². The zero-order valence-electron chi connectivity index (χ0n) is 12.4. The predicted octanol–water partition coefficient (Wildman–Crippen LogP) is 4.69. The van der Waals surface area contributed by atoms with Gasteiger partial charge in [0, 0.05) is 20.1 Å². The van der Waals surface area contributed by atoms with Crippen LogP contribution in [0.25, 0.3) is 21.9 Å². The second kappa shape index (κ2) is 4.76. The Balaban J connectivity index is 1.97. The van der Waals surface area contributed by atoms with Crippen LogP contribution in [0.2, 0.25) is 0 Å². The maximum Gasteiger partial charge on any atom is 0.108 e. The van der Waals surface area contributed by atoms with Gasteiger partial charge in [-0.25, -0.2) is 4.98 Å². The molecule has 0 unspecified atom stereocenters. The second-order valence-electron chi connectivity index (χ2n) is 5.81. The number of nitrogens with zero attached hydrogens (tertiary/aromatic N) is 3. The van der Waals surface area contributed by atoms with Gasteiger partial charge in [0.15, 0.2) is 0 Å². The first kappa shape index (κ1) is 13.5. The number of hydrogen-bond acceptors (Lipinski definition) is 4. The number of pyridine rings is 1. The maximum atomic E-state index is 4.70. The summed E-state index contributed by atoms with van der Waals surface area (Å²) in [5, 5.41) is 1.16. The molecule has 2 aliphatic rings. The molecule has 0 amide bonds. The van der Waals surface area contributed by atoms with E-state index in [-0.39, 0.29) is 0 Å². The van der Waals surface area contributed by atoms with E-state index in [1.165, 1.54) is 15.4 Å². The van der Waals surface area contributed by atoms with Crippen LogP contribution < -0.4 is 0 Å². The molecule has 0 saturated carbocycles. The molecule has 4 heterocycles. The first-order valence-electron chi connectivity index (χ1n) is 7.44. The van der Waals surface area contributed by atoms with E-state index < -0.39 is 0 Å². The summed E-state index contributed by atoms with van der Waals surface area (Å²) in [5.41, 5.74) is 4.33. The van der Waals surface area contributed by atoms with Crippen molar-refractivity contribution in [3.63, 3.8) is 0 Å². The molecule has 112 valence electrons. The standard InChI is InChI=1S/C18H13N3S2/c1-10-20-16-8-19-15-5-4-12-6-14(15)18(16)21(10)9-11-2-3-13(23-12)7-17(11)22/h2-8,22H,9H2,1H3. The summed E-state index contributed by atoms with van der Waals surface area (Å²) in [5.74, 6) is 1.00. The lowest BCUT2D eigenvalue weighted by atomic mass is 10.2. The molecule has 2 aromatic heterocycles. The lowest BCUT2D eigenvalue weighted by molar-refractivity contribution is 0.775. The van der Waals surface area contributed by atoms with Gasteiger partial charge in [0.25, 0.3) is 0 Å². The van der Waals surface area contributed by atoms with Crippen LogP contribution in [0.15, 0.2) is 57.3 Å². The van der Waals surface area contributed by atoms with E-state index >= 15 is 0 Å². The largest absolute Gasteiger partial charge is 0.323 e. The molecule has 0 radical (unpaired) electrons. The molecular formula is C18H13N3S2. The van der Waals surface area contributed by atoms with Crippen LogP contribution in [0.4, 0.5) is 0 Å². The molecule has 6 rings (SSSR count). The van der Waals surface area contributed by atoms with Gasteiger partial charge in [-0.1, -0.05) is 17.8 Å². The first-order chi connectivity index (χ1) is 11.2. The van der Waals surface area contributed by atoms with Crippen LogP contribution in [-0.4, -0.2) is 14.5 Å². The van der Waals surface area contributed by atoms with E-state index in [0.717, 1.165) is 39.2 Å². The van der Waals surface area contributed by atoms with Crippen molar-refractivity contribution < 1.29 is 0 Å².